The van der Waals surface area contributed by atoms with Gasteiger partial charge >= 0.3 is 5.97 Å². The third kappa shape index (κ3) is 2.06. The van der Waals surface area contributed by atoms with Crippen LogP contribution in [0.3, 0.4) is 0 Å². The van der Waals surface area contributed by atoms with Gasteiger partial charge < -0.3 is 10.4 Å². The van der Waals surface area contributed by atoms with E-state index >= 15 is 0 Å². The number of nitrogens with one attached hydrogen (secondary N) is 1. The fraction of sp³-hybridized carbons (Fsp3) is 0.381. The van der Waals surface area contributed by atoms with Gasteiger partial charge in [0.2, 0.25) is 0 Å². The molecule has 2 saturated carbocycles. The van der Waals surface area contributed by atoms with Gasteiger partial charge in [-0.25, -0.2) is 9.18 Å². The molecule has 3 nitrogen and oxygen atoms in total. The van der Waals surface area contributed by atoms with Crippen LogP contribution >= 0.6 is 0 Å². The highest BCUT2D eigenvalue weighted by Crippen LogP contribution is 2.64. The number of para-hydroxylation sites is 1. The molecule has 0 radical (unpaired) electrons. The van der Waals surface area contributed by atoms with Crippen LogP contribution in [0.15, 0.2) is 42.5 Å². The largest absolute Gasteiger partial charge is 0.478 e. The molecule has 0 aromatic heterocycles. The third-order valence-corrected chi connectivity index (χ3v) is 6.59. The van der Waals surface area contributed by atoms with E-state index < -0.39 is 5.97 Å². The van der Waals surface area contributed by atoms with E-state index in [2.05, 4.69) is 11.4 Å². The van der Waals surface area contributed by atoms with Crippen molar-refractivity contribution in [2.75, 3.05) is 5.32 Å². The second-order valence-electron chi connectivity index (χ2n) is 7.65. The quantitative estimate of drug-likeness (QED) is 0.826. The molecule has 5 rings (SSSR count). The monoisotopic (exact) mass is 337 g/mol. The zero-order valence-electron chi connectivity index (χ0n) is 13.8. The van der Waals surface area contributed by atoms with Crippen molar-refractivity contribution in [3.8, 4) is 0 Å². The maximum Gasteiger partial charge on any atom is 0.337 e. The number of rotatable bonds is 2. The van der Waals surface area contributed by atoms with Crippen LogP contribution < -0.4 is 5.32 Å². The van der Waals surface area contributed by atoms with Gasteiger partial charge in [-0.2, -0.15) is 0 Å². The Hall–Kier alpha value is -2.36. The van der Waals surface area contributed by atoms with Gasteiger partial charge in [-0.05, 0) is 60.6 Å². The lowest BCUT2D eigenvalue weighted by Crippen LogP contribution is -2.36. The Morgan fingerprint density at radius 1 is 1.04 bits per heavy atom. The molecule has 0 amide bonds. The van der Waals surface area contributed by atoms with Crippen molar-refractivity contribution in [2.45, 2.75) is 31.2 Å². The smallest absolute Gasteiger partial charge is 0.337 e. The van der Waals surface area contributed by atoms with Crippen LogP contribution in [0.5, 0.6) is 0 Å². The van der Waals surface area contributed by atoms with E-state index in [0.29, 0.717) is 40.5 Å². The molecule has 2 aliphatic carbocycles. The lowest BCUT2D eigenvalue weighted by Gasteiger charge is -2.44. The molecule has 1 aliphatic heterocycles. The predicted octanol–water partition coefficient (Wildman–Crippen LogP) is 4.82. The Morgan fingerprint density at radius 3 is 2.60 bits per heavy atom. The van der Waals surface area contributed by atoms with Gasteiger partial charge in [-0.15, -0.1) is 0 Å². The molecule has 5 atom stereocenters. The number of carboxylic acid groups (broad SMARTS) is 1. The first-order valence-corrected chi connectivity index (χ1v) is 9.02. The van der Waals surface area contributed by atoms with E-state index in [4.69, 9.17) is 0 Å². The molecule has 2 bridgehead atoms. The molecule has 0 unspecified atom stereocenters. The van der Waals surface area contributed by atoms with E-state index in [1.165, 1.54) is 25.3 Å². The van der Waals surface area contributed by atoms with Crippen molar-refractivity contribution >= 4 is 11.7 Å². The van der Waals surface area contributed by atoms with E-state index in [-0.39, 0.29) is 11.9 Å². The molecule has 2 N–H and O–H groups in total. The Balaban J connectivity index is 1.70. The summed E-state index contributed by atoms with van der Waals surface area (Å²) in [5.41, 5.74) is 2.76. The molecule has 4 heteroatoms. The van der Waals surface area contributed by atoms with E-state index in [9.17, 15) is 14.3 Å². The first-order chi connectivity index (χ1) is 12.1. The van der Waals surface area contributed by atoms with Crippen LogP contribution in [0.1, 0.15) is 52.7 Å². The van der Waals surface area contributed by atoms with Crippen molar-refractivity contribution in [1.29, 1.82) is 0 Å². The van der Waals surface area contributed by atoms with Gasteiger partial charge in [0.1, 0.15) is 5.82 Å². The highest BCUT2D eigenvalue weighted by atomic mass is 19.1. The second kappa shape index (κ2) is 5.32. The number of halogens is 1. The van der Waals surface area contributed by atoms with Gasteiger partial charge in [0.15, 0.2) is 0 Å². The molecule has 3 aliphatic rings. The minimum absolute atomic E-state index is 0.158. The number of aromatic carboxylic acids is 1. The Kier molecular flexibility index (Phi) is 3.18. The van der Waals surface area contributed by atoms with Crippen molar-refractivity contribution in [3.05, 3.63) is 65.0 Å². The lowest BCUT2D eigenvalue weighted by atomic mass is 9.67. The van der Waals surface area contributed by atoms with Crippen LogP contribution in [0, 0.1) is 23.6 Å². The van der Waals surface area contributed by atoms with Crippen LogP contribution in [0.25, 0.3) is 0 Å². The van der Waals surface area contributed by atoms with Gasteiger partial charge in [0.25, 0.3) is 0 Å². The van der Waals surface area contributed by atoms with Crippen LogP contribution in [-0.4, -0.2) is 11.1 Å². The molecule has 0 spiro atoms. The topological polar surface area (TPSA) is 49.3 Å². The van der Waals surface area contributed by atoms with E-state index in [1.54, 1.807) is 12.1 Å². The molecular formula is C21H20FNO2. The summed E-state index contributed by atoms with van der Waals surface area (Å²) in [6.07, 6.45) is 3.58. The summed E-state index contributed by atoms with van der Waals surface area (Å²) in [5.74, 6) is 0.713. The van der Waals surface area contributed by atoms with Crippen LogP contribution in [0.2, 0.25) is 0 Å². The first-order valence-electron chi connectivity index (χ1n) is 9.02. The Bertz CT molecular complexity index is 865. The summed E-state index contributed by atoms with van der Waals surface area (Å²) in [6, 6.07) is 12.3. The fourth-order valence-corrected chi connectivity index (χ4v) is 5.73. The summed E-state index contributed by atoms with van der Waals surface area (Å²) in [5, 5.41) is 13.1. The average molecular weight is 337 g/mol. The van der Waals surface area contributed by atoms with Gasteiger partial charge in [0.05, 0.1) is 17.3 Å². The van der Waals surface area contributed by atoms with Gasteiger partial charge in [-0.1, -0.05) is 30.3 Å². The number of anilines is 1. The van der Waals surface area contributed by atoms with Crippen LogP contribution in [0.4, 0.5) is 10.1 Å². The van der Waals surface area contributed by atoms with E-state index in [0.717, 1.165) is 5.56 Å². The molecule has 2 aromatic carbocycles. The number of carbonyl (C=O) groups is 1. The van der Waals surface area contributed by atoms with Crippen molar-refractivity contribution in [3.63, 3.8) is 0 Å². The molecule has 2 aromatic rings. The molecule has 1 heterocycles. The predicted molar refractivity (Wildman–Crippen MR) is 93.2 cm³/mol. The Labute approximate surface area is 145 Å². The summed E-state index contributed by atoms with van der Waals surface area (Å²) >= 11 is 0. The summed E-state index contributed by atoms with van der Waals surface area (Å²) in [7, 11) is 0. The van der Waals surface area contributed by atoms with Crippen molar-refractivity contribution < 1.29 is 14.3 Å². The zero-order valence-corrected chi connectivity index (χ0v) is 13.8. The fourth-order valence-electron chi connectivity index (χ4n) is 5.73. The number of fused-ring (bicyclic) bond motifs is 7. The SMILES string of the molecule is O=C(O)c1cccc2c1N[C@@H](c1ccccc1F)[C@H]1[C@@H]3CC[C@@H](C3)[C@@H]21. The van der Waals surface area contributed by atoms with Gasteiger partial charge in [0, 0.05) is 5.56 Å². The molecular weight excluding hydrogens is 317 g/mol. The highest BCUT2D eigenvalue weighted by molar-refractivity contribution is 5.95. The second-order valence-corrected chi connectivity index (χ2v) is 7.65. The molecule has 0 saturated heterocycles. The number of benzene rings is 2. The maximum atomic E-state index is 14.6. The normalized spacial score (nSPS) is 32.0. The minimum atomic E-state index is -0.932. The average Bonchev–Trinajstić information content (AvgIpc) is 3.23. The number of hydrogen-bond donors (Lipinski definition) is 2. The standard InChI is InChI=1S/C21H20FNO2/c22-16-7-2-1-4-13(16)20-18-12-9-8-11(10-12)17(18)14-5-3-6-15(21(24)25)19(14)23-20/h1-7,11-12,17-18,20,23H,8-10H2,(H,24,25)/t11-,12+,17-,18-,20-/m0/s1. The van der Waals surface area contributed by atoms with E-state index in [1.807, 2.05) is 18.2 Å². The van der Waals surface area contributed by atoms with Crippen molar-refractivity contribution in [2.24, 2.45) is 17.8 Å². The molecule has 25 heavy (non-hydrogen) atoms. The molecule has 2 fully saturated rings. The summed E-state index contributed by atoms with van der Waals surface area (Å²) in [4.78, 5) is 11.7. The van der Waals surface area contributed by atoms with Gasteiger partial charge in [-0.3, -0.25) is 0 Å². The summed E-state index contributed by atoms with van der Waals surface area (Å²) in [6.45, 7) is 0. The maximum absolute atomic E-state index is 14.6. The Morgan fingerprint density at radius 2 is 1.80 bits per heavy atom. The number of hydrogen-bond acceptors (Lipinski definition) is 2. The minimum Gasteiger partial charge on any atom is -0.478 e. The van der Waals surface area contributed by atoms with Crippen molar-refractivity contribution in [1.82, 2.24) is 0 Å². The first kappa shape index (κ1) is 14.9. The number of carboxylic acids is 1. The summed E-state index contributed by atoms with van der Waals surface area (Å²) < 4.78 is 14.6. The van der Waals surface area contributed by atoms with Crippen LogP contribution in [-0.2, 0) is 0 Å². The highest BCUT2D eigenvalue weighted by Gasteiger charge is 2.54. The zero-order chi connectivity index (χ0) is 17.1. The lowest BCUT2D eigenvalue weighted by molar-refractivity contribution is 0.0697. The molecule has 128 valence electrons. The third-order valence-electron chi connectivity index (χ3n) is 6.59.